The maximum absolute atomic E-state index is 11.9. The van der Waals surface area contributed by atoms with Crippen molar-refractivity contribution < 1.29 is 4.79 Å². The van der Waals surface area contributed by atoms with Crippen molar-refractivity contribution in [2.24, 2.45) is 0 Å². The lowest BCUT2D eigenvalue weighted by molar-refractivity contribution is 0.102. The molecule has 0 aliphatic rings. The molecule has 0 fully saturated rings. The quantitative estimate of drug-likeness (QED) is 0.737. The molecule has 1 aromatic carbocycles. The topological polar surface area (TPSA) is 87.7 Å². The maximum Gasteiger partial charge on any atom is 0.274 e. The minimum absolute atomic E-state index is 0.0573. The number of hydrogen-bond donors (Lipinski definition) is 2. The number of fused-ring (bicyclic) bond motifs is 1. The smallest absolute Gasteiger partial charge is 0.274 e. The van der Waals surface area contributed by atoms with Crippen LogP contribution in [0.25, 0.3) is 10.9 Å². The van der Waals surface area contributed by atoms with Crippen LogP contribution in [0.4, 0.5) is 5.69 Å². The third-order valence-electron chi connectivity index (χ3n) is 2.76. The molecule has 6 heteroatoms. The van der Waals surface area contributed by atoms with Gasteiger partial charge in [-0.1, -0.05) is 18.2 Å². The Morgan fingerprint density at radius 2 is 2.00 bits per heavy atom. The molecule has 0 atom stereocenters. The zero-order chi connectivity index (χ0) is 13.9. The summed E-state index contributed by atoms with van der Waals surface area (Å²) in [5.74, 6) is -0.451. The number of para-hydroxylation sites is 1. The monoisotopic (exact) mass is 266 g/mol. The highest BCUT2D eigenvalue weighted by atomic mass is 16.2. The molecular formula is C14H10N4O2. The van der Waals surface area contributed by atoms with Crippen molar-refractivity contribution in [3.05, 3.63) is 65.0 Å². The number of aromatic nitrogens is 3. The third-order valence-corrected chi connectivity index (χ3v) is 2.76. The molecule has 3 rings (SSSR count). The highest BCUT2D eigenvalue weighted by Crippen LogP contribution is 2.16. The molecule has 0 saturated carbocycles. The van der Waals surface area contributed by atoms with Gasteiger partial charge in [-0.15, -0.1) is 0 Å². The van der Waals surface area contributed by atoms with Gasteiger partial charge in [-0.2, -0.15) is 0 Å². The lowest BCUT2D eigenvalue weighted by Gasteiger charge is -2.05. The fraction of sp³-hybridized carbons (Fsp3) is 0. The molecule has 0 bridgehead atoms. The summed E-state index contributed by atoms with van der Waals surface area (Å²) in [6.45, 7) is 0. The first-order valence-electron chi connectivity index (χ1n) is 5.93. The summed E-state index contributed by atoms with van der Waals surface area (Å²) < 4.78 is 0. The van der Waals surface area contributed by atoms with Crippen LogP contribution in [0, 0.1) is 0 Å². The molecule has 0 unspecified atom stereocenters. The van der Waals surface area contributed by atoms with Crippen LogP contribution in [0.2, 0.25) is 0 Å². The van der Waals surface area contributed by atoms with Gasteiger partial charge < -0.3 is 10.3 Å². The lowest BCUT2D eigenvalue weighted by atomic mass is 10.2. The number of H-pyrrole nitrogens is 1. The van der Waals surface area contributed by atoms with Crippen LogP contribution in [-0.2, 0) is 0 Å². The van der Waals surface area contributed by atoms with Crippen LogP contribution in [0.3, 0.4) is 0 Å². The van der Waals surface area contributed by atoms with Crippen LogP contribution >= 0.6 is 0 Å². The van der Waals surface area contributed by atoms with E-state index in [1.165, 1.54) is 6.33 Å². The number of hydrogen-bond acceptors (Lipinski definition) is 4. The van der Waals surface area contributed by atoms with E-state index in [0.29, 0.717) is 5.69 Å². The Morgan fingerprint density at radius 3 is 2.85 bits per heavy atom. The Morgan fingerprint density at radius 1 is 1.15 bits per heavy atom. The minimum Gasteiger partial charge on any atom is -0.319 e. The Labute approximate surface area is 113 Å². The fourth-order valence-electron chi connectivity index (χ4n) is 1.83. The fourth-order valence-corrected chi connectivity index (χ4v) is 1.83. The summed E-state index contributed by atoms with van der Waals surface area (Å²) in [6.07, 6.45) is 2.75. The lowest BCUT2D eigenvalue weighted by Crippen LogP contribution is -2.17. The highest BCUT2D eigenvalue weighted by molar-refractivity contribution is 6.03. The SMILES string of the molecule is O=C(Nc1cnc2ccccc2c1)c1cc(=O)[nH]cn1. The Bertz CT molecular complexity index is 841. The molecule has 98 valence electrons. The number of nitrogens with zero attached hydrogens (tertiary/aromatic N) is 2. The number of carbonyl (C=O) groups is 1. The number of amides is 1. The normalized spacial score (nSPS) is 10.4. The molecule has 2 aromatic heterocycles. The van der Waals surface area contributed by atoms with E-state index >= 15 is 0 Å². The number of benzene rings is 1. The number of carbonyl (C=O) groups excluding carboxylic acids is 1. The minimum atomic E-state index is -0.451. The van der Waals surface area contributed by atoms with Crippen molar-refractivity contribution in [2.45, 2.75) is 0 Å². The van der Waals surface area contributed by atoms with Gasteiger partial charge in [-0.05, 0) is 12.1 Å². The molecule has 2 N–H and O–H groups in total. The molecular weight excluding hydrogens is 256 g/mol. The van der Waals surface area contributed by atoms with Crippen molar-refractivity contribution >= 4 is 22.5 Å². The molecule has 3 aromatic rings. The van der Waals surface area contributed by atoms with E-state index in [1.807, 2.05) is 30.3 Å². The van der Waals surface area contributed by atoms with Gasteiger partial charge >= 0.3 is 0 Å². The summed E-state index contributed by atoms with van der Waals surface area (Å²) in [7, 11) is 0. The highest BCUT2D eigenvalue weighted by Gasteiger charge is 2.08. The molecule has 0 spiro atoms. The van der Waals surface area contributed by atoms with E-state index < -0.39 is 5.91 Å². The van der Waals surface area contributed by atoms with Crippen molar-refractivity contribution in [3.63, 3.8) is 0 Å². The zero-order valence-corrected chi connectivity index (χ0v) is 10.3. The van der Waals surface area contributed by atoms with Gasteiger partial charge in [0.2, 0.25) is 0 Å². The predicted molar refractivity (Wildman–Crippen MR) is 74.6 cm³/mol. The van der Waals surface area contributed by atoms with Gasteiger partial charge in [0.15, 0.2) is 0 Å². The molecule has 6 nitrogen and oxygen atoms in total. The summed E-state index contributed by atoms with van der Waals surface area (Å²) >= 11 is 0. The van der Waals surface area contributed by atoms with Crippen molar-refractivity contribution in [3.8, 4) is 0 Å². The van der Waals surface area contributed by atoms with Crippen LogP contribution < -0.4 is 10.9 Å². The second-order valence-corrected chi connectivity index (χ2v) is 4.17. The van der Waals surface area contributed by atoms with Gasteiger partial charge in [0, 0.05) is 11.5 Å². The summed E-state index contributed by atoms with van der Waals surface area (Å²) in [5, 5.41) is 3.58. The van der Waals surface area contributed by atoms with Gasteiger partial charge in [0.05, 0.1) is 23.7 Å². The third kappa shape index (κ3) is 2.39. The largest absolute Gasteiger partial charge is 0.319 e. The number of aromatic amines is 1. The van der Waals surface area contributed by atoms with E-state index in [9.17, 15) is 9.59 Å². The molecule has 0 aliphatic heterocycles. The molecule has 2 heterocycles. The molecule has 1 amide bonds. The van der Waals surface area contributed by atoms with Crippen molar-refractivity contribution in [1.29, 1.82) is 0 Å². The number of nitrogens with one attached hydrogen (secondary N) is 2. The van der Waals surface area contributed by atoms with Crippen LogP contribution in [0.5, 0.6) is 0 Å². The first-order chi connectivity index (χ1) is 9.72. The number of rotatable bonds is 2. The molecule has 0 radical (unpaired) electrons. The maximum atomic E-state index is 11.9. The van der Waals surface area contributed by atoms with E-state index in [4.69, 9.17) is 0 Å². The Kier molecular flexibility index (Phi) is 2.96. The van der Waals surface area contributed by atoms with Crippen molar-refractivity contribution in [2.75, 3.05) is 5.32 Å². The van der Waals surface area contributed by atoms with Gasteiger partial charge in [0.25, 0.3) is 11.5 Å². The predicted octanol–water partition coefficient (Wildman–Crippen LogP) is 1.57. The van der Waals surface area contributed by atoms with Gasteiger partial charge in [0.1, 0.15) is 5.69 Å². The molecule has 0 aliphatic carbocycles. The summed E-state index contributed by atoms with van der Waals surface area (Å²) in [5.41, 5.74) is 1.08. The van der Waals surface area contributed by atoms with Crippen LogP contribution in [0.1, 0.15) is 10.5 Å². The first kappa shape index (κ1) is 12.0. The average molecular weight is 266 g/mol. The average Bonchev–Trinajstić information content (AvgIpc) is 2.47. The zero-order valence-electron chi connectivity index (χ0n) is 10.3. The van der Waals surface area contributed by atoms with Crippen molar-refractivity contribution in [1.82, 2.24) is 15.0 Å². The number of pyridine rings is 1. The second kappa shape index (κ2) is 4.93. The summed E-state index contributed by atoms with van der Waals surface area (Å²) in [6, 6.07) is 10.5. The van der Waals surface area contributed by atoms with E-state index in [1.54, 1.807) is 6.20 Å². The first-order valence-corrected chi connectivity index (χ1v) is 5.93. The molecule has 0 saturated heterocycles. The number of anilines is 1. The van der Waals surface area contributed by atoms with Gasteiger partial charge in [-0.3, -0.25) is 14.6 Å². The Hall–Kier alpha value is -3.02. The van der Waals surface area contributed by atoms with Gasteiger partial charge in [-0.25, -0.2) is 4.98 Å². The van der Waals surface area contributed by atoms with Crippen LogP contribution in [0.15, 0.2) is 53.7 Å². The summed E-state index contributed by atoms with van der Waals surface area (Å²) in [4.78, 5) is 33.5. The standard InChI is InChI=1S/C14H10N4O2/c19-13-6-12(16-8-17-13)14(20)18-10-5-9-3-1-2-4-11(9)15-7-10/h1-8H,(H,18,20)(H,16,17,19). The van der Waals surface area contributed by atoms with Crippen LogP contribution in [-0.4, -0.2) is 20.9 Å². The van der Waals surface area contributed by atoms with E-state index in [0.717, 1.165) is 17.0 Å². The molecule has 20 heavy (non-hydrogen) atoms. The Balaban J connectivity index is 1.89. The van der Waals surface area contributed by atoms with E-state index in [-0.39, 0.29) is 11.3 Å². The second-order valence-electron chi connectivity index (χ2n) is 4.17. The van der Waals surface area contributed by atoms with E-state index in [2.05, 4.69) is 20.3 Å².